The smallest absolute Gasteiger partial charge is 0.258 e. The molecule has 6 nitrogen and oxygen atoms in total. The third-order valence-electron chi connectivity index (χ3n) is 5.22. The molecule has 2 aromatic rings. The van der Waals surface area contributed by atoms with Gasteiger partial charge in [-0.3, -0.25) is 9.59 Å². The van der Waals surface area contributed by atoms with Crippen molar-refractivity contribution in [2.45, 2.75) is 25.3 Å². The molecule has 2 aromatic carbocycles. The summed E-state index contributed by atoms with van der Waals surface area (Å²) in [5.74, 6) is 0.982. The van der Waals surface area contributed by atoms with E-state index in [0.717, 1.165) is 12.2 Å². The number of para-hydroxylation sites is 1. The highest BCUT2D eigenvalue weighted by Crippen LogP contribution is 2.28. The van der Waals surface area contributed by atoms with Gasteiger partial charge in [0.2, 0.25) is 5.91 Å². The van der Waals surface area contributed by atoms with E-state index in [0.29, 0.717) is 48.9 Å². The number of carbonyl (C=O) groups excluding carboxylic acids is 2. The van der Waals surface area contributed by atoms with E-state index < -0.39 is 6.04 Å². The molecule has 0 spiro atoms. The number of rotatable bonds is 8. The third-order valence-corrected chi connectivity index (χ3v) is 5.45. The third kappa shape index (κ3) is 5.25. The Balaban J connectivity index is 1.58. The van der Waals surface area contributed by atoms with E-state index in [9.17, 15) is 9.59 Å². The Bertz CT molecular complexity index is 875. The van der Waals surface area contributed by atoms with Gasteiger partial charge in [-0.15, -0.1) is 0 Å². The first-order valence-corrected chi connectivity index (χ1v) is 10.5. The second kappa shape index (κ2) is 10.3. The molecule has 3 rings (SSSR count). The van der Waals surface area contributed by atoms with Gasteiger partial charge in [0.1, 0.15) is 17.5 Å². The van der Waals surface area contributed by atoms with Crippen LogP contribution in [0.2, 0.25) is 5.02 Å². The van der Waals surface area contributed by atoms with Crippen LogP contribution in [0.3, 0.4) is 0 Å². The zero-order valence-corrected chi connectivity index (χ0v) is 18.1. The van der Waals surface area contributed by atoms with Crippen molar-refractivity contribution in [3.8, 4) is 11.5 Å². The van der Waals surface area contributed by atoms with Gasteiger partial charge in [-0.25, -0.2) is 0 Å². The first-order valence-electron chi connectivity index (χ1n) is 10.1. The van der Waals surface area contributed by atoms with Crippen molar-refractivity contribution < 1.29 is 19.1 Å². The van der Waals surface area contributed by atoms with Crippen molar-refractivity contribution in [1.29, 1.82) is 0 Å². The molecule has 0 aliphatic carbocycles. The summed E-state index contributed by atoms with van der Waals surface area (Å²) in [5.41, 5.74) is 0.378. The zero-order chi connectivity index (χ0) is 21.5. The van der Waals surface area contributed by atoms with E-state index in [-0.39, 0.29) is 11.8 Å². The van der Waals surface area contributed by atoms with E-state index in [1.165, 1.54) is 7.11 Å². The van der Waals surface area contributed by atoms with Gasteiger partial charge in [-0.05, 0) is 49.6 Å². The molecule has 0 radical (unpaired) electrons. The van der Waals surface area contributed by atoms with Crippen molar-refractivity contribution in [3.63, 3.8) is 0 Å². The van der Waals surface area contributed by atoms with Gasteiger partial charge in [-0.2, -0.15) is 0 Å². The van der Waals surface area contributed by atoms with Crippen LogP contribution >= 0.6 is 11.6 Å². The lowest BCUT2D eigenvalue weighted by Gasteiger charge is -2.28. The second-order valence-corrected chi connectivity index (χ2v) is 7.71. The van der Waals surface area contributed by atoms with Gasteiger partial charge >= 0.3 is 0 Å². The van der Waals surface area contributed by atoms with Crippen LogP contribution in [0.25, 0.3) is 0 Å². The van der Waals surface area contributed by atoms with Crippen LogP contribution < -0.4 is 9.47 Å². The molecule has 7 heteroatoms. The summed E-state index contributed by atoms with van der Waals surface area (Å²) in [6, 6.07) is 14.1. The fourth-order valence-corrected chi connectivity index (χ4v) is 3.81. The van der Waals surface area contributed by atoms with Crippen molar-refractivity contribution in [2.75, 3.05) is 33.9 Å². The Morgan fingerprint density at radius 3 is 2.70 bits per heavy atom. The molecule has 0 bridgehead atoms. The Labute approximate surface area is 182 Å². The Hall–Kier alpha value is -2.73. The van der Waals surface area contributed by atoms with Crippen molar-refractivity contribution >= 4 is 23.4 Å². The minimum atomic E-state index is -0.471. The molecule has 1 aliphatic heterocycles. The lowest BCUT2D eigenvalue weighted by molar-refractivity contribution is -0.134. The molecule has 2 amide bonds. The van der Waals surface area contributed by atoms with Gasteiger partial charge < -0.3 is 19.3 Å². The minimum absolute atomic E-state index is 0.0541. The number of halogens is 1. The molecular formula is C23H27ClN2O4. The molecule has 0 N–H and O–H groups in total. The second-order valence-electron chi connectivity index (χ2n) is 7.28. The topological polar surface area (TPSA) is 59.1 Å². The van der Waals surface area contributed by atoms with Crippen LogP contribution in [-0.4, -0.2) is 61.5 Å². The molecule has 1 fully saturated rings. The summed E-state index contributed by atoms with van der Waals surface area (Å²) in [4.78, 5) is 29.5. The maximum atomic E-state index is 13.1. The SMILES string of the molecule is COc1ccc(Cl)cc1C(=O)N1CCCC1C(=O)N(C)CCCOc1ccccc1. The molecule has 1 unspecified atom stereocenters. The highest BCUT2D eigenvalue weighted by molar-refractivity contribution is 6.31. The zero-order valence-electron chi connectivity index (χ0n) is 17.3. The van der Waals surface area contributed by atoms with Crippen LogP contribution in [0.5, 0.6) is 11.5 Å². The number of carbonyl (C=O) groups is 2. The average Bonchev–Trinajstić information content (AvgIpc) is 3.26. The number of benzene rings is 2. The Morgan fingerprint density at radius 1 is 1.20 bits per heavy atom. The molecule has 1 aliphatic rings. The van der Waals surface area contributed by atoms with Crippen LogP contribution in [-0.2, 0) is 4.79 Å². The van der Waals surface area contributed by atoms with E-state index in [2.05, 4.69) is 0 Å². The van der Waals surface area contributed by atoms with Gasteiger partial charge in [0.25, 0.3) is 5.91 Å². The summed E-state index contributed by atoms with van der Waals surface area (Å²) in [6.07, 6.45) is 2.15. The van der Waals surface area contributed by atoms with Crippen molar-refractivity contribution in [1.82, 2.24) is 9.80 Å². The van der Waals surface area contributed by atoms with Crippen LogP contribution in [0.4, 0.5) is 0 Å². The standard InChI is InChI=1S/C23H27ClN2O4/c1-25(13-7-15-30-18-8-4-3-5-9-18)23(28)20-10-6-14-26(20)22(27)19-16-17(24)11-12-21(19)29-2/h3-5,8-9,11-12,16,20H,6-7,10,13-15H2,1-2H3. The first kappa shape index (κ1) is 22.0. The molecule has 30 heavy (non-hydrogen) atoms. The van der Waals surface area contributed by atoms with Gasteiger partial charge in [-0.1, -0.05) is 29.8 Å². The number of amides is 2. The summed E-state index contributed by atoms with van der Waals surface area (Å²) in [5, 5.41) is 0.455. The maximum absolute atomic E-state index is 13.1. The number of methoxy groups -OCH3 is 1. The minimum Gasteiger partial charge on any atom is -0.496 e. The number of hydrogen-bond donors (Lipinski definition) is 0. The Kier molecular flexibility index (Phi) is 7.57. The number of nitrogens with zero attached hydrogens (tertiary/aromatic N) is 2. The molecule has 0 aromatic heterocycles. The molecule has 1 saturated heterocycles. The normalized spacial score (nSPS) is 15.7. The number of ether oxygens (including phenoxy) is 2. The maximum Gasteiger partial charge on any atom is 0.258 e. The predicted octanol–water partition coefficient (Wildman–Crippen LogP) is 3.88. The number of hydrogen-bond acceptors (Lipinski definition) is 4. The van der Waals surface area contributed by atoms with Crippen molar-refractivity contribution in [3.05, 3.63) is 59.1 Å². The fraction of sp³-hybridized carbons (Fsp3) is 0.391. The molecular weight excluding hydrogens is 404 g/mol. The van der Waals surface area contributed by atoms with Crippen LogP contribution in [0.15, 0.2) is 48.5 Å². The number of likely N-dealkylation sites (N-methyl/N-ethyl adjacent to an activating group) is 1. The summed E-state index contributed by atoms with van der Waals surface area (Å²) in [6.45, 7) is 1.62. The highest BCUT2D eigenvalue weighted by atomic mass is 35.5. The Morgan fingerprint density at radius 2 is 1.97 bits per heavy atom. The van der Waals surface area contributed by atoms with Gasteiger partial charge in [0.05, 0.1) is 19.3 Å². The molecule has 160 valence electrons. The lowest BCUT2D eigenvalue weighted by atomic mass is 10.1. The predicted molar refractivity (Wildman–Crippen MR) is 116 cm³/mol. The quantitative estimate of drug-likeness (QED) is 0.596. The summed E-state index contributed by atoms with van der Waals surface area (Å²) < 4.78 is 11.0. The van der Waals surface area contributed by atoms with E-state index in [4.69, 9.17) is 21.1 Å². The first-order chi connectivity index (χ1) is 14.5. The number of likely N-dealkylation sites (tertiary alicyclic amines) is 1. The fourth-order valence-electron chi connectivity index (χ4n) is 3.64. The van der Waals surface area contributed by atoms with Crippen molar-refractivity contribution in [2.24, 2.45) is 0 Å². The van der Waals surface area contributed by atoms with Gasteiger partial charge in [0.15, 0.2) is 0 Å². The highest BCUT2D eigenvalue weighted by Gasteiger charge is 2.36. The largest absolute Gasteiger partial charge is 0.496 e. The van der Waals surface area contributed by atoms with Crippen LogP contribution in [0, 0.1) is 0 Å². The van der Waals surface area contributed by atoms with E-state index >= 15 is 0 Å². The molecule has 1 heterocycles. The molecule has 1 atom stereocenters. The summed E-state index contributed by atoms with van der Waals surface area (Å²) >= 11 is 6.08. The van der Waals surface area contributed by atoms with E-state index in [1.54, 1.807) is 35.0 Å². The summed E-state index contributed by atoms with van der Waals surface area (Å²) in [7, 11) is 3.28. The average molecular weight is 431 g/mol. The van der Waals surface area contributed by atoms with Crippen LogP contribution in [0.1, 0.15) is 29.6 Å². The van der Waals surface area contributed by atoms with E-state index in [1.807, 2.05) is 30.3 Å². The molecule has 0 saturated carbocycles. The lowest BCUT2D eigenvalue weighted by Crippen LogP contribution is -2.47. The monoisotopic (exact) mass is 430 g/mol. The van der Waals surface area contributed by atoms with Gasteiger partial charge in [0, 0.05) is 25.2 Å².